The summed E-state index contributed by atoms with van der Waals surface area (Å²) < 4.78 is 11.4. The highest BCUT2D eigenvalue weighted by Gasteiger charge is 2.10. The quantitative estimate of drug-likeness (QED) is 0.701. The van der Waals surface area contributed by atoms with Crippen molar-refractivity contribution < 1.29 is 8.83 Å². The standard InChI is InChI=1S/C18H21NO2S/c1-5-6-15(3)22-12-11-19(4)13-16-8-10-18(21-16)17-9-7-14(2)20-17/h1,6-10H,11-13H2,2-4H3. The topological polar surface area (TPSA) is 29.5 Å². The van der Waals surface area contributed by atoms with Crippen molar-refractivity contribution in [3.8, 4) is 23.9 Å². The Hall–Kier alpha value is -1.83. The molecule has 0 unspecified atom stereocenters. The van der Waals surface area contributed by atoms with Crippen LogP contribution in [0.1, 0.15) is 18.4 Å². The lowest BCUT2D eigenvalue weighted by atomic mass is 10.3. The van der Waals surface area contributed by atoms with E-state index in [4.69, 9.17) is 15.3 Å². The Morgan fingerprint density at radius 3 is 2.68 bits per heavy atom. The van der Waals surface area contributed by atoms with Crippen LogP contribution < -0.4 is 0 Å². The van der Waals surface area contributed by atoms with Gasteiger partial charge in [-0.25, -0.2) is 0 Å². The largest absolute Gasteiger partial charge is 0.458 e. The molecule has 0 saturated carbocycles. The van der Waals surface area contributed by atoms with Gasteiger partial charge in [0, 0.05) is 12.3 Å². The van der Waals surface area contributed by atoms with E-state index in [9.17, 15) is 0 Å². The molecule has 22 heavy (non-hydrogen) atoms. The van der Waals surface area contributed by atoms with Gasteiger partial charge in [0.05, 0.1) is 6.54 Å². The van der Waals surface area contributed by atoms with E-state index in [0.717, 1.165) is 41.9 Å². The first kappa shape index (κ1) is 16.5. The van der Waals surface area contributed by atoms with E-state index in [1.807, 2.05) is 38.1 Å². The van der Waals surface area contributed by atoms with E-state index < -0.39 is 0 Å². The number of rotatable bonds is 7. The highest BCUT2D eigenvalue weighted by molar-refractivity contribution is 8.03. The van der Waals surface area contributed by atoms with Crippen LogP contribution in [0.25, 0.3) is 11.5 Å². The van der Waals surface area contributed by atoms with Crippen LogP contribution in [-0.4, -0.2) is 24.2 Å². The Kier molecular flexibility index (Phi) is 6.00. The zero-order valence-electron chi connectivity index (χ0n) is 13.3. The van der Waals surface area contributed by atoms with Crippen LogP contribution in [0.5, 0.6) is 0 Å². The van der Waals surface area contributed by atoms with Crippen molar-refractivity contribution in [2.45, 2.75) is 20.4 Å². The van der Waals surface area contributed by atoms with Crippen molar-refractivity contribution in [3.05, 3.63) is 46.8 Å². The summed E-state index contributed by atoms with van der Waals surface area (Å²) in [5.41, 5.74) is 0. The fourth-order valence-corrected chi connectivity index (χ4v) is 2.91. The van der Waals surface area contributed by atoms with Gasteiger partial charge in [-0.1, -0.05) is 5.92 Å². The molecule has 0 N–H and O–H groups in total. The lowest BCUT2D eigenvalue weighted by molar-refractivity contribution is 0.312. The molecule has 0 aliphatic heterocycles. The minimum Gasteiger partial charge on any atom is -0.458 e. The third-order valence-corrected chi connectivity index (χ3v) is 4.12. The van der Waals surface area contributed by atoms with E-state index in [2.05, 4.69) is 17.9 Å². The molecule has 2 heterocycles. The van der Waals surface area contributed by atoms with Gasteiger partial charge in [-0.05, 0) is 56.1 Å². The normalized spacial score (nSPS) is 11.9. The zero-order chi connectivity index (χ0) is 15.9. The molecule has 2 rings (SSSR count). The first-order valence-electron chi connectivity index (χ1n) is 7.18. The molecule has 4 heteroatoms. The van der Waals surface area contributed by atoms with Gasteiger partial charge >= 0.3 is 0 Å². The van der Waals surface area contributed by atoms with E-state index >= 15 is 0 Å². The third kappa shape index (κ3) is 4.87. The summed E-state index contributed by atoms with van der Waals surface area (Å²) in [6.45, 7) is 5.71. The molecule has 2 aromatic rings. The lowest BCUT2D eigenvalue weighted by Crippen LogP contribution is -2.20. The smallest absolute Gasteiger partial charge is 0.169 e. The van der Waals surface area contributed by atoms with Crippen LogP contribution in [0.2, 0.25) is 0 Å². The van der Waals surface area contributed by atoms with Gasteiger partial charge in [-0.2, -0.15) is 0 Å². The summed E-state index contributed by atoms with van der Waals surface area (Å²) in [4.78, 5) is 3.40. The van der Waals surface area contributed by atoms with Gasteiger partial charge in [0.25, 0.3) is 0 Å². The average Bonchev–Trinajstić information content (AvgIpc) is 3.08. The molecule has 0 spiro atoms. The summed E-state index contributed by atoms with van der Waals surface area (Å²) in [5.74, 6) is 6.93. The summed E-state index contributed by atoms with van der Waals surface area (Å²) in [6.07, 6.45) is 7.05. The fourth-order valence-electron chi connectivity index (χ4n) is 2.03. The molecule has 0 atom stereocenters. The highest BCUT2D eigenvalue weighted by atomic mass is 32.2. The van der Waals surface area contributed by atoms with Crippen molar-refractivity contribution in [1.29, 1.82) is 0 Å². The monoisotopic (exact) mass is 315 g/mol. The molecule has 0 aromatic carbocycles. The van der Waals surface area contributed by atoms with Gasteiger partial charge in [-0.15, -0.1) is 18.2 Å². The number of hydrogen-bond acceptors (Lipinski definition) is 4. The number of aryl methyl sites for hydroxylation is 1. The summed E-state index contributed by atoms with van der Waals surface area (Å²) >= 11 is 1.78. The molecule has 0 amide bonds. The Morgan fingerprint density at radius 2 is 2.00 bits per heavy atom. The molecule has 3 nitrogen and oxygen atoms in total. The third-order valence-electron chi connectivity index (χ3n) is 3.16. The fraction of sp³-hybridized carbons (Fsp3) is 0.333. The first-order valence-corrected chi connectivity index (χ1v) is 8.17. The molecule has 0 aliphatic carbocycles. The van der Waals surface area contributed by atoms with E-state index in [0.29, 0.717) is 0 Å². The minimum absolute atomic E-state index is 0.775. The highest BCUT2D eigenvalue weighted by Crippen LogP contribution is 2.24. The molecular formula is C18H21NO2S. The van der Waals surface area contributed by atoms with E-state index in [1.165, 1.54) is 4.91 Å². The molecule has 0 aliphatic rings. The SMILES string of the molecule is C#CC=C(C)SCCN(C)Cc1ccc(-c2ccc(C)o2)o1. The number of hydrogen-bond donors (Lipinski definition) is 0. The van der Waals surface area contributed by atoms with E-state index in [1.54, 1.807) is 17.8 Å². The van der Waals surface area contributed by atoms with Crippen molar-refractivity contribution in [2.75, 3.05) is 19.3 Å². The minimum atomic E-state index is 0.775. The van der Waals surface area contributed by atoms with Crippen LogP contribution in [0.15, 0.2) is 44.1 Å². The number of furan rings is 2. The average molecular weight is 315 g/mol. The molecule has 0 bridgehead atoms. The maximum absolute atomic E-state index is 5.84. The Morgan fingerprint density at radius 1 is 1.27 bits per heavy atom. The molecule has 0 fully saturated rings. The predicted molar refractivity (Wildman–Crippen MR) is 92.5 cm³/mol. The lowest BCUT2D eigenvalue weighted by Gasteiger charge is -2.14. The van der Waals surface area contributed by atoms with Crippen LogP contribution >= 0.6 is 11.8 Å². The number of thioether (sulfide) groups is 1. The maximum atomic E-state index is 5.84. The molecule has 2 aromatic heterocycles. The molecule has 0 radical (unpaired) electrons. The number of terminal acetylenes is 1. The predicted octanol–water partition coefficient (Wildman–Crippen LogP) is 4.55. The first-order chi connectivity index (χ1) is 10.6. The van der Waals surface area contributed by atoms with Gasteiger partial charge in [0.15, 0.2) is 11.5 Å². The maximum Gasteiger partial charge on any atom is 0.169 e. The van der Waals surface area contributed by atoms with Gasteiger partial charge in [0.2, 0.25) is 0 Å². The summed E-state index contributed by atoms with van der Waals surface area (Å²) in [5, 5.41) is 0. The second-order valence-corrected chi connectivity index (χ2v) is 6.53. The van der Waals surface area contributed by atoms with Crippen LogP contribution in [0.3, 0.4) is 0 Å². The number of allylic oxidation sites excluding steroid dienone is 2. The summed E-state index contributed by atoms with van der Waals surface area (Å²) in [7, 11) is 2.08. The van der Waals surface area contributed by atoms with Gasteiger partial charge in [0.1, 0.15) is 11.5 Å². The van der Waals surface area contributed by atoms with Crippen molar-refractivity contribution in [3.63, 3.8) is 0 Å². The van der Waals surface area contributed by atoms with Gasteiger partial charge in [-0.3, -0.25) is 4.90 Å². The summed E-state index contributed by atoms with van der Waals surface area (Å²) in [6, 6.07) is 7.82. The van der Waals surface area contributed by atoms with Crippen LogP contribution in [-0.2, 0) is 6.54 Å². The molecule has 116 valence electrons. The van der Waals surface area contributed by atoms with Crippen molar-refractivity contribution >= 4 is 11.8 Å². The van der Waals surface area contributed by atoms with Crippen LogP contribution in [0.4, 0.5) is 0 Å². The number of nitrogens with zero attached hydrogens (tertiary/aromatic N) is 1. The Labute approximate surface area is 136 Å². The van der Waals surface area contributed by atoms with Gasteiger partial charge < -0.3 is 8.83 Å². The second kappa shape index (κ2) is 7.98. The zero-order valence-corrected chi connectivity index (χ0v) is 14.1. The second-order valence-electron chi connectivity index (χ2n) is 5.18. The Balaban J connectivity index is 1.82. The Bertz CT molecular complexity index is 675. The van der Waals surface area contributed by atoms with E-state index in [-0.39, 0.29) is 0 Å². The van der Waals surface area contributed by atoms with Crippen LogP contribution in [0, 0.1) is 19.3 Å². The van der Waals surface area contributed by atoms with Crippen molar-refractivity contribution in [1.82, 2.24) is 4.90 Å². The van der Waals surface area contributed by atoms with Crippen molar-refractivity contribution in [2.24, 2.45) is 0 Å². The molecule has 0 saturated heterocycles. The molecular weight excluding hydrogens is 294 g/mol.